The van der Waals surface area contributed by atoms with E-state index >= 15 is 0 Å². The average molecular weight is 317 g/mol. The largest absolute Gasteiger partial charge is 0.288 e. The molecule has 0 aliphatic carbocycles. The van der Waals surface area contributed by atoms with Crippen molar-refractivity contribution in [2.24, 2.45) is 0 Å². The number of Topliss-reactive ketones (excluding diaryl/α,β-unsaturated/α-hetero) is 1. The quantitative estimate of drug-likeness (QED) is 0.803. The Kier molecular flexibility index (Phi) is 3.82. The number of thioether (sulfide) groups is 1. The molecule has 1 aromatic rings. The Morgan fingerprint density at radius 1 is 1.26 bits per heavy atom. The van der Waals surface area contributed by atoms with Crippen LogP contribution in [0.15, 0.2) is 39.5 Å². The first kappa shape index (κ1) is 14.6. The zero-order valence-electron chi connectivity index (χ0n) is 10.5. The summed E-state index contributed by atoms with van der Waals surface area (Å²) in [6, 6.07) is 6.25. The van der Waals surface area contributed by atoms with Crippen LogP contribution in [0.25, 0.3) is 0 Å². The van der Waals surface area contributed by atoms with Crippen LogP contribution in [0, 0.1) is 0 Å². The van der Waals surface area contributed by atoms with E-state index in [4.69, 9.17) is 11.6 Å². The predicted molar refractivity (Wildman–Crippen MR) is 78.4 cm³/mol. The Hall–Kier alpha value is -0.780. The summed E-state index contributed by atoms with van der Waals surface area (Å²) in [4.78, 5) is 12.0. The van der Waals surface area contributed by atoms with Crippen LogP contribution in [0.4, 0.5) is 0 Å². The van der Waals surface area contributed by atoms with E-state index in [1.807, 2.05) is 13.8 Å². The first-order valence-electron chi connectivity index (χ1n) is 5.63. The normalized spacial score (nSPS) is 17.8. The summed E-state index contributed by atoms with van der Waals surface area (Å²) >= 11 is 7.24. The third kappa shape index (κ3) is 3.22. The number of fused-ring (bicyclic) bond motifs is 1. The number of hydrogen-bond acceptors (Lipinski definition) is 4. The molecule has 0 spiro atoms. The highest BCUT2D eigenvalue weighted by Gasteiger charge is 2.30. The van der Waals surface area contributed by atoms with E-state index in [9.17, 15) is 13.2 Å². The molecule has 0 saturated carbocycles. The zero-order valence-corrected chi connectivity index (χ0v) is 12.9. The van der Waals surface area contributed by atoms with Gasteiger partial charge in [-0.1, -0.05) is 12.1 Å². The molecule has 0 saturated heterocycles. The summed E-state index contributed by atoms with van der Waals surface area (Å²) in [6.07, 6.45) is 0. The van der Waals surface area contributed by atoms with Crippen LogP contribution in [0.3, 0.4) is 0 Å². The van der Waals surface area contributed by atoms with Crippen molar-refractivity contribution in [3.63, 3.8) is 0 Å². The van der Waals surface area contributed by atoms with Gasteiger partial charge in [-0.05, 0) is 26.0 Å². The van der Waals surface area contributed by atoms with Crippen molar-refractivity contribution in [2.75, 3.05) is 5.75 Å². The van der Waals surface area contributed by atoms with Crippen LogP contribution in [0.1, 0.15) is 24.2 Å². The average Bonchev–Trinajstić information content (AvgIpc) is 2.31. The van der Waals surface area contributed by atoms with Gasteiger partial charge in [0.15, 0.2) is 0 Å². The van der Waals surface area contributed by atoms with Gasteiger partial charge in [-0.15, -0.1) is 23.4 Å². The second-order valence-electron chi connectivity index (χ2n) is 4.86. The number of rotatable bonds is 3. The summed E-state index contributed by atoms with van der Waals surface area (Å²) in [5, 5.41) is 1.05. The first-order chi connectivity index (χ1) is 8.71. The van der Waals surface area contributed by atoms with Crippen LogP contribution in [0.2, 0.25) is 0 Å². The molecule has 2 rings (SSSR count). The van der Waals surface area contributed by atoms with Gasteiger partial charge in [-0.25, -0.2) is 8.42 Å². The molecule has 6 heteroatoms. The summed E-state index contributed by atoms with van der Waals surface area (Å²) in [5.41, 5.74) is 0.236. The fraction of sp³-hybridized carbons (Fsp3) is 0.308. The molecular weight excluding hydrogens is 304 g/mol. The lowest BCUT2D eigenvalue weighted by molar-refractivity contribution is 0.103. The number of hydrogen-bond donors (Lipinski definition) is 0. The van der Waals surface area contributed by atoms with Gasteiger partial charge >= 0.3 is 0 Å². The minimum atomic E-state index is -3.54. The van der Waals surface area contributed by atoms with Crippen molar-refractivity contribution in [3.8, 4) is 0 Å². The number of allylic oxidation sites excluding steroid dienone is 1. The van der Waals surface area contributed by atoms with Crippen LogP contribution in [-0.4, -0.2) is 24.8 Å². The van der Waals surface area contributed by atoms with Crippen LogP contribution in [-0.2, 0) is 9.84 Å². The molecule has 0 fully saturated rings. The van der Waals surface area contributed by atoms with E-state index in [0.717, 1.165) is 5.41 Å². The fourth-order valence-electron chi connectivity index (χ4n) is 1.64. The van der Waals surface area contributed by atoms with Gasteiger partial charge in [0, 0.05) is 16.2 Å². The molecule has 0 amide bonds. The standard InChI is InChI=1S/C13H13ClO3S2/c1-13(2,14)8-18-10-7-19(16,17)11-6-4-3-5-9(11)12(10)15/h3-7H,8H2,1-2H3. The maximum Gasteiger partial charge on any atom is 0.201 e. The molecule has 0 unspecified atom stereocenters. The second-order valence-corrected chi connectivity index (χ2v) is 8.67. The van der Waals surface area contributed by atoms with Gasteiger partial charge < -0.3 is 0 Å². The van der Waals surface area contributed by atoms with E-state index in [0.29, 0.717) is 5.75 Å². The van der Waals surface area contributed by atoms with E-state index in [1.165, 1.54) is 23.9 Å². The lowest BCUT2D eigenvalue weighted by atomic mass is 10.1. The van der Waals surface area contributed by atoms with E-state index in [1.54, 1.807) is 12.1 Å². The van der Waals surface area contributed by atoms with Crippen molar-refractivity contribution >= 4 is 39.0 Å². The molecule has 0 aromatic heterocycles. The Balaban J connectivity index is 2.40. The van der Waals surface area contributed by atoms with Crippen molar-refractivity contribution in [1.29, 1.82) is 0 Å². The SMILES string of the molecule is CC(C)(Cl)CSC1=CS(=O)(=O)c2ccccc2C1=O. The van der Waals surface area contributed by atoms with Crippen molar-refractivity contribution in [2.45, 2.75) is 23.6 Å². The molecule has 1 aromatic carbocycles. The lowest BCUT2D eigenvalue weighted by Crippen LogP contribution is -2.19. The number of sulfone groups is 1. The Morgan fingerprint density at radius 3 is 2.53 bits per heavy atom. The number of ketones is 1. The molecule has 1 heterocycles. The number of carbonyl (C=O) groups excluding carboxylic acids is 1. The second kappa shape index (κ2) is 4.96. The third-order valence-electron chi connectivity index (χ3n) is 2.50. The van der Waals surface area contributed by atoms with Crippen molar-refractivity contribution in [1.82, 2.24) is 0 Å². The van der Waals surface area contributed by atoms with E-state index in [2.05, 4.69) is 0 Å². The van der Waals surface area contributed by atoms with Crippen LogP contribution >= 0.6 is 23.4 Å². The van der Waals surface area contributed by atoms with Gasteiger partial charge in [0.1, 0.15) is 0 Å². The monoisotopic (exact) mass is 316 g/mol. The number of halogens is 1. The molecule has 0 bridgehead atoms. The minimum absolute atomic E-state index is 0.0782. The highest BCUT2D eigenvalue weighted by atomic mass is 35.5. The molecule has 19 heavy (non-hydrogen) atoms. The highest BCUT2D eigenvalue weighted by Crippen LogP contribution is 2.34. The smallest absolute Gasteiger partial charge is 0.201 e. The molecule has 1 aliphatic rings. The third-order valence-corrected chi connectivity index (χ3v) is 5.93. The van der Waals surface area contributed by atoms with Gasteiger partial charge in [-0.3, -0.25) is 4.79 Å². The molecular formula is C13H13ClO3S2. The molecule has 102 valence electrons. The number of benzene rings is 1. The summed E-state index contributed by atoms with van der Waals surface area (Å²) in [5.74, 6) is 0.209. The van der Waals surface area contributed by atoms with Crippen LogP contribution < -0.4 is 0 Å². The van der Waals surface area contributed by atoms with Crippen molar-refractivity contribution in [3.05, 3.63) is 40.1 Å². The Bertz CT molecular complexity index is 655. The Morgan fingerprint density at radius 2 is 1.89 bits per heavy atom. The maximum absolute atomic E-state index is 12.2. The molecule has 3 nitrogen and oxygen atoms in total. The van der Waals surface area contributed by atoms with Crippen molar-refractivity contribution < 1.29 is 13.2 Å². The number of carbonyl (C=O) groups is 1. The van der Waals surface area contributed by atoms with Gasteiger partial charge in [0.2, 0.25) is 15.6 Å². The molecule has 0 N–H and O–H groups in total. The van der Waals surface area contributed by atoms with Gasteiger partial charge in [0.05, 0.1) is 15.2 Å². The van der Waals surface area contributed by atoms with Crippen LogP contribution in [0.5, 0.6) is 0 Å². The summed E-state index contributed by atoms with van der Waals surface area (Å²) in [7, 11) is -3.54. The van der Waals surface area contributed by atoms with E-state index in [-0.39, 0.29) is 21.1 Å². The lowest BCUT2D eigenvalue weighted by Gasteiger charge is -2.19. The van der Waals surface area contributed by atoms with E-state index < -0.39 is 14.7 Å². The fourth-order valence-corrected chi connectivity index (χ4v) is 4.45. The molecule has 0 atom stereocenters. The zero-order chi connectivity index (χ0) is 14.3. The highest BCUT2D eigenvalue weighted by molar-refractivity contribution is 8.05. The number of alkyl halides is 1. The predicted octanol–water partition coefficient (Wildman–Crippen LogP) is 3.25. The Labute approximate surface area is 122 Å². The first-order valence-corrected chi connectivity index (χ1v) is 8.54. The minimum Gasteiger partial charge on any atom is -0.288 e. The van der Waals surface area contributed by atoms with Gasteiger partial charge in [-0.2, -0.15) is 0 Å². The molecule has 0 radical (unpaired) electrons. The summed E-state index contributed by atoms with van der Waals surface area (Å²) in [6.45, 7) is 3.63. The molecule has 1 aliphatic heterocycles. The van der Waals surface area contributed by atoms with Gasteiger partial charge in [0.25, 0.3) is 0 Å². The maximum atomic E-state index is 12.2. The topological polar surface area (TPSA) is 51.2 Å². The summed E-state index contributed by atoms with van der Waals surface area (Å²) < 4.78 is 24.2.